The fourth-order valence-electron chi connectivity index (χ4n) is 2.13. The summed E-state index contributed by atoms with van der Waals surface area (Å²) in [4.78, 5) is 0. The van der Waals surface area contributed by atoms with Gasteiger partial charge < -0.3 is 14.0 Å². The second-order valence-corrected chi connectivity index (χ2v) is 4.58. The Labute approximate surface area is 96.8 Å². The minimum absolute atomic E-state index is 0.0200. The molecule has 0 radical (unpaired) electrons. The number of rotatable bonds is 2. The molecule has 1 aliphatic heterocycles. The Kier molecular flexibility index (Phi) is 2.95. The van der Waals surface area contributed by atoms with Crippen molar-refractivity contribution in [1.29, 1.82) is 0 Å². The van der Waals surface area contributed by atoms with Gasteiger partial charge in [-0.1, -0.05) is 12.1 Å². The van der Waals surface area contributed by atoms with Gasteiger partial charge in [0.2, 0.25) is 0 Å². The van der Waals surface area contributed by atoms with Crippen LogP contribution in [0.1, 0.15) is 25.5 Å². The van der Waals surface area contributed by atoms with E-state index in [2.05, 4.69) is 0 Å². The molecule has 0 bridgehead atoms. The van der Waals surface area contributed by atoms with Crippen molar-refractivity contribution in [3.05, 3.63) is 29.8 Å². The van der Waals surface area contributed by atoms with Crippen molar-refractivity contribution in [2.45, 2.75) is 32.4 Å². The third-order valence-electron chi connectivity index (χ3n) is 2.85. The van der Waals surface area contributed by atoms with E-state index >= 15 is 0 Å². The Morgan fingerprint density at radius 2 is 1.88 bits per heavy atom. The lowest BCUT2D eigenvalue weighted by Gasteiger charge is -2.25. The molecule has 1 aromatic carbocycles. The number of ether oxygens (including phenoxy) is 1. The van der Waals surface area contributed by atoms with E-state index in [0.29, 0.717) is 0 Å². The third kappa shape index (κ3) is 2.08. The lowest BCUT2D eigenvalue weighted by atomic mass is 9.95. The molecule has 0 aliphatic carbocycles. The first-order chi connectivity index (χ1) is 7.53. The van der Waals surface area contributed by atoms with Crippen LogP contribution in [0.5, 0.6) is 5.75 Å². The predicted molar refractivity (Wildman–Crippen MR) is 63.6 cm³/mol. The van der Waals surface area contributed by atoms with Crippen molar-refractivity contribution in [3.8, 4) is 5.75 Å². The van der Waals surface area contributed by atoms with E-state index in [-0.39, 0.29) is 18.8 Å². The maximum Gasteiger partial charge on any atom is 0.454 e. The Morgan fingerprint density at radius 1 is 1.25 bits per heavy atom. The van der Waals surface area contributed by atoms with Crippen LogP contribution in [0.4, 0.5) is 0 Å². The van der Waals surface area contributed by atoms with Gasteiger partial charge in [-0.2, -0.15) is 0 Å². The second kappa shape index (κ2) is 4.11. The summed E-state index contributed by atoms with van der Waals surface area (Å²) in [5.41, 5.74) is 0.837. The van der Waals surface area contributed by atoms with Crippen LogP contribution in [0.15, 0.2) is 24.3 Å². The van der Waals surface area contributed by atoms with Crippen molar-refractivity contribution in [3.63, 3.8) is 0 Å². The van der Waals surface area contributed by atoms with E-state index in [1.807, 2.05) is 44.9 Å². The van der Waals surface area contributed by atoms with Gasteiger partial charge in [0.05, 0.1) is 18.8 Å². The number of benzene rings is 1. The molecular formula is C12H17BO3. The zero-order valence-electron chi connectivity index (χ0n) is 10.2. The highest BCUT2D eigenvalue weighted by Gasteiger charge is 2.43. The van der Waals surface area contributed by atoms with E-state index in [0.717, 1.165) is 11.3 Å². The van der Waals surface area contributed by atoms with E-state index in [9.17, 15) is 0 Å². The first kappa shape index (κ1) is 11.5. The molecule has 0 saturated carbocycles. The molecule has 0 amide bonds. The number of hydrogen-bond donors (Lipinski definition) is 0. The van der Waals surface area contributed by atoms with Crippen LogP contribution in [-0.4, -0.2) is 19.8 Å². The van der Waals surface area contributed by atoms with Gasteiger partial charge in [0, 0.05) is 0 Å². The Morgan fingerprint density at radius 3 is 2.31 bits per heavy atom. The van der Waals surface area contributed by atoms with Gasteiger partial charge in [0.25, 0.3) is 0 Å². The van der Waals surface area contributed by atoms with Crippen LogP contribution in [-0.2, 0) is 9.31 Å². The minimum Gasteiger partial charge on any atom is -0.497 e. The summed E-state index contributed by atoms with van der Waals surface area (Å²) in [6.45, 7) is 6.02. The van der Waals surface area contributed by atoms with Crippen LogP contribution in [0.25, 0.3) is 0 Å². The molecule has 2 rings (SSSR count). The summed E-state index contributed by atoms with van der Waals surface area (Å²) in [6.07, 6.45) is -0.0200. The summed E-state index contributed by atoms with van der Waals surface area (Å²) < 4.78 is 16.6. The summed E-state index contributed by atoms with van der Waals surface area (Å²) in [6, 6.07) is 7.93. The molecule has 1 heterocycles. The molecule has 0 N–H and O–H groups in total. The van der Waals surface area contributed by atoms with Crippen molar-refractivity contribution < 1.29 is 14.0 Å². The summed E-state index contributed by atoms with van der Waals surface area (Å²) in [5, 5.41) is 0. The Balaban J connectivity index is 2.23. The summed E-state index contributed by atoms with van der Waals surface area (Å²) >= 11 is 0. The zero-order chi connectivity index (χ0) is 11.8. The molecule has 1 atom stereocenters. The summed E-state index contributed by atoms with van der Waals surface area (Å²) in [7, 11) is 1.51. The largest absolute Gasteiger partial charge is 0.497 e. The van der Waals surface area contributed by atoms with E-state index < -0.39 is 0 Å². The lowest BCUT2D eigenvalue weighted by molar-refractivity contribution is 0.0726. The first-order valence-electron chi connectivity index (χ1n) is 5.50. The van der Waals surface area contributed by atoms with Crippen LogP contribution >= 0.6 is 0 Å². The van der Waals surface area contributed by atoms with Crippen LogP contribution in [0.2, 0.25) is 6.82 Å². The van der Waals surface area contributed by atoms with Gasteiger partial charge in [-0.15, -0.1) is 0 Å². The predicted octanol–water partition coefficient (Wildman–Crippen LogP) is 2.68. The van der Waals surface area contributed by atoms with E-state index in [4.69, 9.17) is 14.0 Å². The molecule has 4 heteroatoms. The molecule has 1 fully saturated rings. The maximum atomic E-state index is 5.77. The highest BCUT2D eigenvalue weighted by molar-refractivity contribution is 6.43. The van der Waals surface area contributed by atoms with Crippen molar-refractivity contribution in [2.24, 2.45) is 0 Å². The van der Waals surface area contributed by atoms with Gasteiger partial charge >= 0.3 is 7.12 Å². The molecular weight excluding hydrogens is 203 g/mol. The van der Waals surface area contributed by atoms with Crippen LogP contribution < -0.4 is 4.74 Å². The van der Waals surface area contributed by atoms with Crippen LogP contribution in [0, 0.1) is 0 Å². The van der Waals surface area contributed by atoms with Crippen molar-refractivity contribution in [2.75, 3.05) is 7.11 Å². The topological polar surface area (TPSA) is 27.7 Å². The lowest BCUT2D eigenvalue weighted by Crippen LogP contribution is -2.26. The fraction of sp³-hybridized carbons (Fsp3) is 0.500. The highest BCUT2D eigenvalue weighted by Crippen LogP contribution is 2.39. The first-order valence-corrected chi connectivity index (χ1v) is 5.50. The van der Waals surface area contributed by atoms with Gasteiger partial charge in [0.1, 0.15) is 5.75 Å². The molecule has 1 aliphatic rings. The van der Waals surface area contributed by atoms with Gasteiger partial charge in [-0.05, 0) is 38.4 Å². The van der Waals surface area contributed by atoms with E-state index in [1.165, 1.54) is 0 Å². The molecule has 3 nitrogen and oxygen atoms in total. The number of methoxy groups -OCH3 is 1. The Bertz CT molecular complexity index is 361. The van der Waals surface area contributed by atoms with Gasteiger partial charge in [-0.3, -0.25) is 0 Å². The molecule has 86 valence electrons. The number of hydrogen-bond acceptors (Lipinski definition) is 3. The standard InChI is InChI=1S/C12H17BO3/c1-12(2)11(15-13(3)16-12)9-5-7-10(14-4)8-6-9/h5-8,11H,1-4H3. The van der Waals surface area contributed by atoms with Crippen molar-refractivity contribution >= 4 is 7.12 Å². The quantitative estimate of drug-likeness (QED) is 0.717. The highest BCUT2D eigenvalue weighted by atomic mass is 16.7. The molecule has 0 aromatic heterocycles. The van der Waals surface area contributed by atoms with Crippen LogP contribution in [0.3, 0.4) is 0 Å². The van der Waals surface area contributed by atoms with E-state index in [1.54, 1.807) is 7.11 Å². The normalized spacial score (nSPS) is 23.5. The molecule has 0 spiro atoms. The van der Waals surface area contributed by atoms with Gasteiger partial charge in [0.15, 0.2) is 0 Å². The average Bonchev–Trinajstić information content (AvgIpc) is 2.52. The van der Waals surface area contributed by atoms with Crippen molar-refractivity contribution in [1.82, 2.24) is 0 Å². The molecule has 16 heavy (non-hydrogen) atoms. The maximum absolute atomic E-state index is 5.77. The monoisotopic (exact) mass is 220 g/mol. The molecule has 1 aromatic rings. The second-order valence-electron chi connectivity index (χ2n) is 4.58. The average molecular weight is 220 g/mol. The smallest absolute Gasteiger partial charge is 0.454 e. The fourth-order valence-corrected chi connectivity index (χ4v) is 2.13. The third-order valence-corrected chi connectivity index (χ3v) is 2.85. The SMILES string of the molecule is COc1ccc(C2OB(C)OC2(C)C)cc1. The minimum atomic E-state index is -0.284. The Hall–Kier alpha value is -0.995. The summed E-state index contributed by atoms with van der Waals surface area (Å²) in [5.74, 6) is 0.855. The van der Waals surface area contributed by atoms with Gasteiger partial charge in [-0.25, -0.2) is 0 Å². The molecule has 1 unspecified atom stereocenters. The molecule has 1 saturated heterocycles. The zero-order valence-corrected chi connectivity index (χ0v) is 10.2.